The van der Waals surface area contributed by atoms with Crippen LogP contribution in [-0.4, -0.2) is 89.2 Å². The van der Waals surface area contributed by atoms with Crippen molar-refractivity contribution in [2.24, 2.45) is 0 Å². The highest BCUT2D eigenvalue weighted by molar-refractivity contribution is 5.92. The van der Waals surface area contributed by atoms with Crippen LogP contribution in [0.5, 0.6) is 0 Å². The van der Waals surface area contributed by atoms with Crippen LogP contribution >= 0.6 is 0 Å². The molecule has 3 heterocycles. The molecule has 150 valence electrons. The molecular weight excluding hydrogens is 350 g/mol. The van der Waals surface area contributed by atoms with Crippen LogP contribution in [0.2, 0.25) is 0 Å². The number of rotatable bonds is 7. The van der Waals surface area contributed by atoms with E-state index in [9.17, 15) is 9.59 Å². The predicted molar refractivity (Wildman–Crippen MR) is 97.2 cm³/mol. The Balaban J connectivity index is 1.53. The second-order valence-electron chi connectivity index (χ2n) is 7.04. The van der Waals surface area contributed by atoms with E-state index >= 15 is 0 Å². The van der Waals surface area contributed by atoms with Crippen molar-refractivity contribution < 1.29 is 19.1 Å². The van der Waals surface area contributed by atoms with Gasteiger partial charge >= 0.3 is 0 Å². The van der Waals surface area contributed by atoms with Crippen LogP contribution in [0.1, 0.15) is 42.6 Å². The normalized spacial score (nSPS) is 20.7. The van der Waals surface area contributed by atoms with Crippen molar-refractivity contribution in [3.63, 3.8) is 0 Å². The van der Waals surface area contributed by atoms with Gasteiger partial charge in [-0.05, 0) is 25.7 Å². The Bertz CT molecular complexity index is 629. The molecule has 0 saturated carbocycles. The fraction of sp³-hybridized carbons (Fsp3) is 0.778. The zero-order chi connectivity index (χ0) is 19.1. The molecule has 3 rings (SSSR count). The zero-order valence-corrected chi connectivity index (χ0v) is 16.0. The van der Waals surface area contributed by atoms with Crippen molar-refractivity contribution in [1.82, 2.24) is 24.8 Å². The summed E-state index contributed by atoms with van der Waals surface area (Å²) in [7, 11) is 1.61. The molecule has 0 N–H and O–H groups in total. The van der Waals surface area contributed by atoms with Crippen molar-refractivity contribution in [2.45, 2.75) is 44.7 Å². The van der Waals surface area contributed by atoms with Crippen LogP contribution in [-0.2, 0) is 20.8 Å². The van der Waals surface area contributed by atoms with E-state index in [-0.39, 0.29) is 17.9 Å². The Morgan fingerprint density at radius 1 is 1.26 bits per heavy atom. The maximum absolute atomic E-state index is 12.5. The Morgan fingerprint density at radius 2 is 2.07 bits per heavy atom. The van der Waals surface area contributed by atoms with Crippen LogP contribution < -0.4 is 0 Å². The van der Waals surface area contributed by atoms with Gasteiger partial charge in [0.25, 0.3) is 5.91 Å². The minimum atomic E-state index is -0.0985. The van der Waals surface area contributed by atoms with Gasteiger partial charge in [0.15, 0.2) is 5.69 Å². The number of ether oxygens (including phenoxy) is 2. The Labute approximate surface area is 159 Å². The summed E-state index contributed by atoms with van der Waals surface area (Å²) in [6.45, 7) is 4.22. The first-order valence-corrected chi connectivity index (χ1v) is 9.74. The highest BCUT2D eigenvalue weighted by atomic mass is 16.5. The van der Waals surface area contributed by atoms with Crippen molar-refractivity contribution in [3.05, 3.63) is 11.9 Å². The van der Waals surface area contributed by atoms with E-state index < -0.39 is 0 Å². The SMILES string of the molecule is COCCC(=O)N1CCCCC1CCn1cc(C(=O)N2CCOCC2)nn1. The number of nitrogens with zero attached hydrogens (tertiary/aromatic N) is 5. The number of hydrogen-bond donors (Lipinski definition) is 0. The van der Waals surface area contributed by atoms with Gasteiger partial charge in [0.1, 0.15) is 0 Å². The Kier molecular flexibility index (Phi) is 7.17. The number of methoxy groups -OCH3 is 1. The average molecular weight is 379 g/mol. The lowest BCUT2D eigenvalue weighted by Crippen LogP contribution is -2.44. The van der Waals surface area contributed by atoms with Crippen LogP contribution in [0.15, 0.2) is 6.20 Å². The van der Waals surface area contributed by atoms with Gasteiger partial charge in [0.2, 0.25) is 5.91 Å². The number of piperidine rings is 1. The fourth-order valence-electron chi connectivity index (χ4n) is 3.68. The summed E-state index contributed by atoms with van der Waals surface area (Å²) in [6.07, 6.45) is 6.14. The first-order valence-electron chi connectivity index (χ1n) is 9.74. The van der Waals surface area contributed by atoms with Crippen molar-refractivity contribution in [1.29, 1.82) is 0 Å². The van der Waals surface area contributed by atoms with Crippen LogP contribution in [0.4, 0.5) is 0 Å². The number of carbonyl (C=O) groups excluding carboxylic acids is 2. The maximum atomic E-state index is 12.5. The van der Waals surface area contributed by atoms with Gasteiger partial charge in [-0.2, -0.15) is 0 Å². The number of hydrogen-bond acceptors (Lipinski definition) is 6. The topological polar surface area (TPSA) is 89.8 Å². The van der Waals surface area contributed by atoms with Crippen molar-refractivity contribution >= 4 is 11.8 Å². The van der Waals surface area contributed by atoms with E-state index in [1.165, 1.54) is 0 Å². The minimum Gasteiger partial charge on any atom is -0.384 e. The molecule has 1 atom stereocenters. The van der Waals surface area contributed by atoms with Gasteiger partial charge < -0.3 is 19.3 Å². The van der Waals surface area contributed by atoms with Gasteiger partial charge in [-0.3, -0.25) is 14.3 Å². The summed E-state index contributed by atoms with van der Waals surface area (Å²) < 4.78 is 12.0. The van der Waals surface area contributed by atoms with Gasteiger partial charge in [0, 0.05) is 39.3 Å². The van der Waals surface area contributed by atoms with E-state index in [2.05, 4.69) is 10.3 Å². The quantitative estimate of drug-likeness (QED) is 0.688. The van der Waals surface area contributed by atoms with Crippen LogP contribution in [0, 0.1) is 0 Å². The second kappa shape index (κ2) is 9.80. The third-order valence-electron chi connectivity index (χ3n) is 5.22. The predicted octanol–water partition coefficient (Wildman–Crippen LogP) is 0.558. The van der Waals surface area contributed by atoms with Gasteiger partial charge in [-0.1, -0.05) is 5.21 Å². The third kappa shape index (κ3) is 5.26. The smallest absolute Gasteiger partial charge is 0.276 e. The lowest BCUT2D eigenvalue weighted by Gasteiger charge is -2.36. The van der Waals surface area contributed by atoms with Gasteiger partial charge in [-0.15, -0.1) is 5.10 Å². The number of carbonyl (C=O) groups is 2. The first-order chi connectivity index (χ1) is 13.2. The number of likely N-dealkylation sites (tertiary alicyclic amines) is 1. The standard InChI is InChI=1S/C18H29N5O4/c1-26-11-6-17(24)23-7-3-2-4-15(23)5-8-22-14-16(19-20-22)18(25)21-9-12-27-13-10-21/h14-15H,2-13H2,1H3. The van der Waals surface area contributed by atoms with E-state index in [1.807, 2.05) is 4.90 Å². The molecule has 0 aromatic carbocycles. The minimum absolute atomic E-state index is 0.0985. The summed E-state index contributed by atoms with van der Waals surface area (Å²) >= 11 is 0. The molecule has 9 heteroatoms. The van der Waals surface area contributed by atoms with E-state index in [0.717, 1.165) is 32.2 Å². The summed E-state index contributed by atoms with van der Waals surface area (Å²) in [5, 5.41) is 8.13. The molecule has 2 aliphatic heterocycles. The summed E-state index contributed by atoms with van der Waals surface area (Å²) in [5.74, 6) is 0.0573. The van der Waals surface area contributed by atoms with Crippen LogP contribution in [0.3, 0.4) is 0 Å². The monoisotopic (exact) mass is 379 g/mol. The summed E-state index contributed by atoms with van der Waals surface area (Å²) in [5.41, 5.74) is 0.369. The maximum Gasteiger partial charge on any atom is 0.276 e. The number of aryl methyl sites for hydroxylation is 1. The molecule has 0 bridgehead atoms. The molecule has 2 aliphatic rings. The molecule has 2 saturated heterocycles. The first kappa shape index (κ1) is 19.8. The highest BCUT2D eigenvalue weighted by Crippen LogP contribution is 2.21. The second-order valence-corrected chi connectivity index (χ2v) is 7.04. The van der Waals surface area contributed by atoms with Crippen molar-refractivity contribution in [2.75, 3.05) is 46.6 Å². The van der Waals surface area contributed by atoms with Gasteiger partial charge in [-0.25, -0.2) is 0 Å². The lowest BCUT2D eigenvalue weighted by molar-refractivity contribution is -0.136. The van der Waals surface area contributed by atoms with Crippen LogP contribution in [0.25, 0.3) is 0 Å². The average Bonchev–Trinajstić information content (AvgIpc) is 3.20. The molecule has 2 amide bonds. The molecule has 0 spiro atoms. The molecule has 2 fully saturated rings. The number of morpholine rings is 1. The molecule has 9 nitrogen and oxygen atoms in total. The molecule has 1 aromatic rings. The number of amides is 2. The van der Waals surface area contributed by atoms with E-state index in [1.54, 1.807) is 22.9 Å². The summed E-state index contributed by atoms with van der Waals surface area (Å²) in [4.78, 5) is 28.6. The van der Waals surface area contributed by atoms with Gasteiger partial charge in [0.05, 0.1) is 32.4 Å². The Hall–Kier alpha value is -2.00. The molecule has 0 radical (unpaired) electrons. The lowest BCUT2D eigenvalue weighted by atomic mass is 9.99. The molecule has 27 heavy (non-hydrogen) atoms. The molecule has 1 aromatic heterocycles. The summed E-state index contributed by atoms with van der Waals surface area (Å²) in [6, 6.07) is 0.214. The Morgan fingerprint density at radius 3 is 2.85 bits per heavy atom. The van der Waals surface area contributed by atoms with E-state index in [0.29, 0.717) is 51.6 Å². The van der Waals surface area contributed by atoms with Crippen molar-refractivity contribution in [3.8, 4) is 0 Å². The fourth-order valence-corrected chi connectivity index (χ4v) is 3.68. The third-order valence-corrected chi connectivity index (χ3v) is 5.22. The van der Waals surface area contributed by atoms with E-state index in [4.69, 9.17) is 9.47 Å². The number of aromatic nitrogens is 3. The highest BCUT2D eigenvalue weighted by Gasteiger charge is 2.26. The molecule has 1 unspecified atom stereocenters. The largest absolute Gasteiger partial charge is 0.384 e. The molecular formula is C18H29N5O4. The zero-order valence-electron chi connectivity index (χ0n) is 16.0. The molecule has 0 aliphatic carbocycles.